The molecule has 0 bridgehead atoms. The Morgan fingerprint density at radius 2 is 1.95 bits per heavy atom. The summed E-state index contributed by atoms with van der Waals surface area (Å²) >= 11 is 0. The fourth-order valence-corrected chi connectivity index (χ4v) is 2.00. The summed E-state index contributed by atoms with van der Waals surface area (Å²) in [5.41, 5.74) is 2.20. The quantitative estimate of drug-likeness (QED) is 0.865. The lowest BCUT2D eigenvalue weighted by molar-refractivity contribution is -0.128. The highest BCUT2D eigenvalue weighted by Crippen LogP contribution is 2.13. The molecule has 0 radical (unpaired) electrons. The van der Waals surface area contributed by atoms with E-state index in [1.165, 1.54) is 0 Å². The van der Waals surface area contributed by atoms with Crippen molar-refractivity contribution in [2.24, 2.45) is 5.41 Å². The van der Waals surface area contributed by atoms with Crippen molar-refractivity contribution in [2.75, 3.05) is 13.6 Å². The van der Waals surface area contributed by atoms with Crippen molar-refractivity contribution >= 4 is 16.9 Å². The zero-order chi connectivity index (χ0) is 14.6. The molecule has 20 heavy (non-hydrogen) atoms. The summed E-state index contributed by atoms with van der Waals surface area (Å²) in [5.74, 6) is 0.0228. The number of hydrogen-bond acceptors (Lipinski definition) is 4. The molecule has 5 nitrogen and oxygen atoms in total. The maximum atomic E-state index is 11.7. The second-order valence-corrected chi connectivity index (χ2v) is 5.42. The molecule has 2 rings (SSSR count). The number of rotatable bonds is 5. The molecule has 0 aliphatic rings. The first-order valence-electron chi connectivity index (χ1n) is 6.66. The van der Waals surface area contributed by atoms with E-state index in [1.54, 1.807) is 13.2 Å². The van der Waals surface area contributed by atoms with E-state index in [9.17, 15) is 4.79 Å². The predicted octanol–water partition coefficient (Wildman–Crippen LogP) is 1.49. The first kappa shape index (κ1) is 14.4. The highest BCUT2D eigenvalue weighted by molar-refractivity contribution is 5.81. The van der Waals surface area contributed by atoms with Crippen molar-refractivity contribution in [2.45, 2.75) is 20.4 Å². The summed E-state index contributed by atoms with van der Waals surface area (Å²) < 4.78 is 0. The van der Waals surface area contributed by atoms with Gasteiger partial charge in [0.2, 0.25) is 5.91 Å². The van der Waals surface area contributed by atoms with Gasteiger partial charge in [-0.05, 0) is 26.0 Å². The average molecular weight is 272 g/mol. The normalized spacial score (nSPS) is 11.6. The third-order valence-electron chi connectivity index (χ3n) is 3.21. The van der Waals surface area contributed by atoms with Crippen molar-refractivity contribution in [1.82, 2.24) is 20.6 Å². The minimum absolute atomic E-state index is 0.0228. The van der Waals surface area contributed by atoms with Crippen LogP contribution in [0.3, 0.4) is 0 Å². The molecule has 1 aromatic carbocycles. The van der Waals surface area contributed by atoms with E-state index in [0.717, 1.165) is 16.7 Å². The minimum atomic E-state index is -0.445. The minimum Gasteiger partial charge on any atom is -0.359 e. The number of fused-ring (bicyclic) bond motifs is 1. The van der Waals surface area contributed by atoms with Gasteiger partial charge in [-0.2, -0.15) is 0 Å². The lowest BCUT2D eigenvalue weighted by atomic mass is 9.92. The predicted molar refractivity (Wildman–Crippen MR) is 79.1 cm³/mol. The Hall–Kier alpha value is -2.01. The van der Waals surface area contributed by atoms with Crippen LogP contribution < -0.4 is 10.6 Å². The van der Waals surface area contributed by atoms with Gasteiger partial charge in [0.25, 0.3) is 0 Å². The Bertz CT molecular complexity index is 610. The number of carbonyl (C=O) groups is 1. The van der Waals surface area contributed by atoms with Crippen LogP contribution in [0.25, 0.3) is 11.0 Å². The molecule has 1 amide bonds. The Labute approximate surface area is 118 Å². The molecular weight excluding hydrogens is 252 g/mol. The molecule has 106 valence electrons. The first-order chi connectivity index (χ1) is 9.53. The highest BCUT2D eigenvalue weighted by Gasteiger charge is 2.25. The van der Waals surface area contributed by atoms with E-state index in [-0.39, 0.29) is 5.91 Å². The van der Waals surface area contributed by atoms with Crippen LogP contribution in [0.1, 0.15) is 19.5 Å². The summed E-state index contributed by atoms with van der Waals surface area (Å²) in [6, 6.07) is 7.78. The summed E-state index contributed by atoms with van der Waals surface area (Å²) in [4.78, 5) is 20.6. The summed E-state index contributed by atoms with van der Waals surface area (Å²) in [6.45, 7) is 5.00. The van der Waals surface area contributed by atoms with E-state index in [1.807, 2.05) is 38.1 Å². The number of hydrogen-bond donors (Lipinski definition) is 2. The van der Waals surface area contributed by atoms with Crippen molar-refractivity contribution in [3.63, 3.8) is 0 Å². The van der Waals surface area contributed by atoms with E-state index in [0.29, 0.717) is 13.1 Å². The molecule has 2 N–H and O–H groups in total. The molecule has 1 heterocycles. The van der Waals surface area contributed by atoms with Crippen molar-refractivity contribution < 1.29 is 4.79 Å². The van der Waals surface area contributed by atoms with Crippen LogP contribution in [0.4, 0.5) is 0 Å². The molecule has 5 heteroatoms. The summed E-state index contributed by atoms with van der Waals surface area (Å²) in [5, 5.41) is 5.93. The number of para-hydroxylation sites is 2. The Balaban J connectivity index is 1.98. The SMILES string of the molecule is CNC(=O)C(C)(C)CNCc1cnc2ccccc2n1. The molecule has 2 aromatic rings. The van der Waals surface area contributed by atoms with Crippen LogP contribution in [0, 0.1) is 5.41 Å². The first-order valence-corrected chi connectivity index (χ1v) is 6.66. The number of benzene rings is 1. The second-order valence-electron chi connectivity index (χ2n) is 5.42. The molecular formula is C15H20N4O. The summed E-state index contributed by atoms with van der Waals surface area (Å²) in [6.07, 6.45) is 1.77. The van der Waals surface area contributed by atoms with Gasteiger partial charge in [0.15, 0.2) is 0 Å². The van der Waals surface area contributed by atoms with Gasteiger partial charge in [0.05, 0.1) is 28.3 Å². The van der Waals surface area contributed by atoms with Crippen molar-refractivity contribution in [3.05, 3.63) is 36.2 Å². The van der Waals surface area contributed by atoms with Crippen LogP contribution in [0.15, 0.2) is 30.5 Å². The van der Waals surface area contributed by atoms with Crippen LogP contribution in [-0.2, 0) is 11.3 Å². The number of carbonyl (C=O) groups excluding carboxylic acids is 1. The number of nitrogens with one attached hydrogen (secondary N) is 2. The maximum absolute atomic E-state index is 11.7. The van der Waals surface area contributed by atoms with Gasteiger partial charge >= 0.3 is 0 Å². The maximum Gasteiger partial charge on any atom is 0.226 e. The highest BCUT2D eigenvalue weighted by atomic mass is 16.2. The topological polar surface area (TPSA) is 66.9 Å². The zero-order valence-electron chi connectivity index (χ0n) is 12.1. The smallest absolute Gasteiger partial charge is 0.226 e. The average Bonchev–Trinajstić information content (AvgIpc) is 2.46. The lowest BCUT2D eigenvalue weighted by Gasteiger charge is -2.22. The monoisotopic (exact) mass is 272 g/mol. The van der Waals surface area contributed by atoms with Gasteiger partial charge in [0, 0.05) is 20.1 Å². The van der Waals surface area contributed by atoms with Gasteiger partial charge in [-0.1, -0.05) is 12.1 Å². The second kappa shape index (κ2) is 5.96. The van der Waals surface area contributed by atoms with Crippen LogP contribution in [0.5, 0.6) is 0 Å². The van der Waals surface area contributed by atoms with E-state index < -0.39 is 5.41 Å². The summed E-state index contributed by atoms with van der Waals surface area (Å²) in [7, 11) is 1.65. The van der Waals surface area contributed by atoms with Gasteiger partial charge in [-0.3, -0.25) is 9.78 Å². The standard InChI is InChI=1S/C15H20N4O/c1-15(2,14(20)16-3)10-17-8-11-9-18-12-6-4-5-7-13(12)19-11/h4-7,9,17H,8,10H2,1-3H3,(H,16,20). The molecule has 0 spiro atoms. The van der Waals surface area contributed by atoms with E-state index >= 15 is 0 Å². The third-order valence-corrected chi connectivity index (χ3v) is 3.21. The lowest BCUT2D eigenvalue weighted by Crippen LogP contribution is -2.41. The van der Waals surface area contributed by atoms with Crippen LogP contribution in [-0.4, -0.2) is 29.5 Å². The third kappa shape index (κ3) is 3.30. The molecule has 0 unspecified atom stereocenters. The fourth-order valence-electron chi connectivity index (χ4n) is 2.00. The molecule has 0 aliphatic carbocycles. The van der Waals surface area contributed by atoms with Gasteiger partial charge in [-0.15, -0.1) is 0 Å². The van der Waals surface area contributed by atoms with E-state index in [4.69, 9.17) is 0 Å². The Morgan fingerprint density at radius 3 is 2.65 bits per heavy atom. The molecule has 0 fully saturated rings. The van der Waals surface area contributed by atoms with E-state index in [2.05, 4.69) is 20.6 Å². The fraction of sp³-hybridized carbons (Fsp3) is 0.400. The van der Waals surface area contributed by atoms with Crippen LogP contribution in [0.2, 0.25) is 0 Å². The molecule has 0 atom stereocenters. The van der Waals surface area contributed by atoms with Gasteiger partial charge < -0.3 is 10.6 Å². The molecule has 1 aromatic heterocycles. The van der Waals surface area contributed by atoms with Crippen molar-refractivity contribution in [3.8, 4) is 0 Å². The van der Waals surface area contributed by atoms with Gasteiger partial charge in [0.1, 0.15) is 0 Å². The number of nitrogens with zero attached hydrogens (tertiary/aromatic N) is 2. The van der Waals surface area contributed by atoms with Gasteiger partial charge in [-0.25, -0.2) is 4.98 Å². The number of aromatic nitrogens is 2. The molecule has 0 saturated heterocycles. The molecule has 0 aliphatic heterocycles. The van der Waals surface area contributed by atoms with Crippen molar-refractivity contribution in [1.29, 1.82) is 0 Å². The zero-order valence-corrected chi connectivity index (χ0v) is 12.1. The van der Waals surface area contributed by atoms with Crippen LogP contribution >= 0.6 is 0 Å². The largest absolute Gasteiger partial charge is 0.359 e. The Morgan fingerprint density at radius 1 is 1.25 bits per heavy atom. The Kier molecular flexibility index (Phi) is 4.29. The molecule has 0 saturated carbocycles. The number of amides is 1.